The molecule has 0 aliphatic carbocycles. The zero-order valence-corrected chi connectivity index (χ0v) is 25.9. The lowest BCUT2D eigenvalue weighted by Gasteiger charge is -2.13. The molecule has 6 heteroatoms. The van der Waals surface area contributed by atoms with Crippen LogP contribution in [0.25, 0.3) is 93.0 Å². The zero-order valence-electron chi connectivity index (χ0n) is 25.9. The Hall–Kier alpha value is -7.15. The van der Waals surface area contributed by atoms with Crippen LogP contribution in [0.5, 0.6) is 0 Å². The van der Waals surface area contributed by atoms with Crippen molar-refractivity contribution in [2.75, 3.05) is 0 Å². The Labute approximate surface area is 279 Å². The van der Waals surface area contributed by atoms with Gasteiger partial charge in [0, 0.05) is 44.5 Å². The van der Waals surface area contributed by atoms with Crippen molar-refractivity contribution in [3.05, 3.63) is 157 Å². The van der Waals surface area contributed by atoms with Gasteiger partial charge in [0.15, 0.2) is 11.3 Å². The van der Waals surface area contributed by atoms with Crippen LogP contribution in [0.3, 0.4) is 0 Å². The van der Waals surface area contributed by atoms with Gasteiger partial charge < -0.3 is 13.6 Å². The minimum absolute atomic E-state index is 0.544. The normalized spacial score (nSPS) is 11.6. The zero-order chi connectivity index (χ0) is 32.6. The van der Waals surface area contributed by atoms with Crippen LogP contribution in [0.15, 0.2) is 144 Å². The Morgan fingerprint density at radius 2 is 1.41 bits per heavy atom. The molecule has 6 aromatic carbocycles. The van der Waals surface area contributed by atoms with Crippen molar-refractivity contribution >= 4 is 71.4 Å². The monoisotopic (exact) mass is 625 g/mol. The summed E-state index contributed by atoms with van der Waals surface area (Å²) >= 11 is 0. The van der Waals surface area contributed by atoms with E-state index in [0.717, 1.165) is 88.2 Å². The number of nitrogens with zero attached hydrogens (tertiary/aromatic N) is 5. The topological polar surface area (TPSA) is 64.0 Å². The van der Waals surface area contributed by atoms with Crippen molar-refractivity contribution in [1.29, 1.82) is 5.26 Å². The third-order valence-corrected chi connectivity index (χ3v) is 9.56. The van der Waals surface area contributed by atoms with Gasteiger partial charge in [-0.05, 0) is 96.1 Å². The lowest BCUT2D eigenvalue weighted by Crippen LogP contribution is -1.96. The van der Waals surface area contributed by atoms with Gasteiger partial charge in [-0.1, -0.05) is 48.5 Å². The van der Waals surface area contributed by atoms with Gasteiger partial charge in [-0.15, -0.1) is 0 Å². The second-order valence-electron chi connectivity index (χ2n) is 12.2. The number of aromatic nitrogens is 3. The highest BCUT2D eigenvalue weighted by molar-refractivity contribution is 6.20. The van der Waals surface area contributed by atoms with E-state index in [1.54, 1.807) is 0 Å². The molecular weight excluding hydrogens is 603 g/mol. The number of hydrogen-bond donors (Lipinski definition) is 0. The molecule has 0 saturated heterocycles. The lowest BCUT2D eigenvalue weighted by atomic mass is 10.0. The number of nitriles is 1. The third-order valence-electron chi connectivity index (χ3n) is 9.56. The molecule has 226 valence electrons. The van der Waals surface area contributed by atoms with Gasteiger partial charge in [0.05, 0.1) is 45.8 Å². The first-order valence-corrected chi connectivity index (χ1v) is 16.0. The van der Waals surface area contributed by atoms with Crippen molar-refractivity contribution < 1.29 is 4.42 Å². The number of fused-ring (bicyclic) bond motifs is 10. The summed E-state index contributed by atoms with van der Waals surface area (Å²) in [6.45, 7) is 8.02. The number of rotatable bonds is 3. The highest BCUT2D eigenvalue weighted by Crippen LogP contribution is 2.41. The summed E-state index contributed by atoms with van der Waals surface area (Å²) < 4.78 is 11.0. The smallest absolute Gasteiger partial charge is 0.189 e. The molecule has 4 aromatic heterocycles. The molecule has 0 amide bonds. The number of hydrogen-bond acceptors (Lipinski definition) is 3. The standard InChI is InChI=1S/C43H23N5O/c1-45-29-21-28(23-31(24-29)47-37-12-4-2-10-32(37)36-20-26(25-44)15-18-38(36)47)27-8-6-9-30(22-27)48-39-13-7-19-46-41(39)35-17-16-34-33-11-3-5-14-40(33)49-43(34)42(35)48/h2-24H. The van der Waals surface area contributed by atoms with Gasteiger partial charge in [-0.3, -0.25) is 4.98 Å². The summed E-state index contributed by atoms with van der Waals surface area (Å²) in [7, 11) is 0. The fourth-order valence-electron chi connectivity index (χ4n) is 7.46. The molecule has 0 spiro atoms. The molecule has 4 heterocycles. The maximum Gasteiger partial charge on any atom is 0.189 e. The van der Waals surface area contributed by atoms with Gasteiger partial charge >= 0.3 is 0 Å². The summed E-state index contributed by atoms with van der Waals surface area (Å²) in [4.78, 5) is 8.70. The van der Waals surface area contributed by atoms with E-state index in [2.05, 4.69) is 86.8 Å². The van der Waals surface area contributed by atoms with Crippen LogP contribution in [0, 0.1) is 17.9 Å². The van der Waals surface area contributed by atoms with E-state index in [1.165, 1.54) is 0 Å². The SMILES string of the molecule is [C-]#[N+]c1cc(-c2cccc(-n3c4cccnc4c4ccc5c6ccccc6oc5c43)c2)cc(-n2c3ccccc3c3cc(C#N)ccc32)c1. The van der Waals surface area contributed by atoms with Gasteiger partial charge in [-0.2, -0.15) is 5.26 Å². The molecule has 0 aliphatic heterocycles. The Bertz CT molecular complexity index is 3090. The predicted molar refractivity (Wildman–Crippen MR) is 197 cm³/mol. The minimum atomic E-state index is 0.544. The average Bonchev–Trinajstić information content (AvgIpc) is 3.82. The van der Waals surface area contributed by atoms with Crippen molar-refractivity contribution in [3.63, 3.8) is 0 Å². The summed E-state index contributed by atoms with van der Waals surface area (Å²) in [5, 5.41) is 14.8. The van der Waals surface area contributed by atoms with Crippen LogP contribution < -0.4 is 0 Å². The van der Waals surface area contributed by atoms with E-state index >= 15 is 0 Å². The first-order chi connectivity index (χ1) is 24.2. The number of para-hydroxylation sites is 2. The maximum absolute atomic E-state index is 9.62. The number of pyridine rings is 1. The maximum atomic E-state index is 9.62. The van der Waals surface area contributed by atoms with E-state index in [4.69, 9.17) is 16.0 Å². The molecule has 0 fully saturated rings. The average molecular weight is 626 g/mol. The quantitative estimate of drug-likeness (QED) is 0.184. The third kappa shape index (κ3) is 3.89. The van der Waals surface area contributed by atoms with Crippen LogP contribution in [-0.2, 0) is 0 Å². The van der Waals surface area contributed by atoms with Crippen molar-refractivity contribution in [1.82, 2.24) is 14.1 Å². The molecule has 10 aromatic rings. The molecule has 10 rings (SSSR count). The van der Waals surface area contributed by atoms with E-state index in [-0.39, 0.29) is 0 Å². The molecule has 0 bridgehead atoms. The molecule has 0 saturated carbocycles. The summed E-state index contributed by atoms with van der Waals surface area (Å²) in [5.74, 6) is 0. The second kappa shape index (κ2) is 10.2. The molecule has 0 radical (unpaired) electrons. The second-order valence-corrected chi connectivity index (χ2v) is 12.2. The molecular formula is C43H23N5O. The highest BCUT2D eigenvalue weighted by Gasteiger charge is 2.20. The van der Waals surface area contributed by atoms with E-state index in [9.17, 15) is 5.26 Å². The van der Waals surface area contributed by atoms with Gasteiger partial charge in [-0.25, -0.2) is 4.85 Å². The van der Waals surface area contributed by atoms with Crippen LogP contribution in [0.1, 0.15) is 5.56 Å². The Morgan fingerprint density at radius 1 is 0.612 bits per heavy atom. The fraction of sp³-hybridized carbons (Fsp3) is 0. The molecule has 0 aliphatic rings. The summed E-state index contributed by atoms with van der Waals surface area (Å²) in [5.41, 5.74) is 11.5. The molecule has 0 unspecified atom stereocenters. The van der Waals surface area contributed by atoms with Crippen LogP contribution in [-0.4, -0.2) is 14.1 Å². The Balaban J connectivity index is 1.22. The predicted octanol–water partition coefficient (Wildman–Crippen LogP) is 11.3. The van der Waals surface area contributed by atoms with Crippen molar-refractivity contribution in [3.8, 4) is 28.6 Å². The van der Waals surface area contributed by atoms with Crippen molar-refractivity contribution in [2.24, 2.45) is 0 Å². The van der Waals surface area contributed by atoms with Crippen LogP contribution in [0.2, 0.25) is 0 Å². The summed E-state index contributed by atoms with van der Waals surface area (Å²) in [6.07, 6.45) is 1.83. The first-order valence-electron chi connectivity index (χ1n) is 16.0. The first kappa shape index (κ1) is 27.0. The molecule has 0 N–H and O–H groups in total. The largest absolute Gasteiger partial charge is 0.454 e. The molecule has 6 nitrogen and oxygen atoms in total. The molecule has 49 heavy (non-hydrogen) atoms. The van der Waals surface area contributed by atoms with E-state index < -0.39 is 0 Å². The van der Waals surface area contributed by atoms with Crippen LogP contribution >= 0.6 is 0 Å². The van der Waals surface area contributed by atoms with E-state index in [1.807, 2.05) is 72.9 Å². The number of benzene rings is 6. The fourth-order valence-corrected chi connectivity index (χ4v) is 7.46. The van der Waals surface area contributed by atoms with Gasteiger partial charge in [0.2, 0.25) is 0 Å². The molecule has 0 atom stereocenters. The minimum Gasteiger partial charge on any atom is -0.454 e. The van der Waals surface area contributed by atoms with Crippen molar-refractivity contribution in [2.45, 2.75) is 0 Å². The van der Waals surface area contributed by atoms with Gasteiger partial charge in [0.1, 0.15) is 5.58 Å². The highest BCUT2D eigenvalue weighted by atomic mass is 16.3. The van der Waals surface area contributed by atoms with Crippen LogP contribution in [0.4, 0.5) is 5.69 Å². The number of furan rings is 1. The Morgan fingerprint density at radius 3 is 2.31 bits per heavy atom. The van der Waals surface area contributed by atoms with E-state index in [0.29, 0.717) is 11.3 Å². The summed E-state index contributed by atoms with van der Waals surface area (Å²) in [6, 6.07) is 47.2. The lowest BCUT2D eigenvalue weighted by molar-refractivity contribution is 0.671. The Kier molecular flexibility index (Phi) is 5.61. The van der Waals surface area contributed by atoms with Gasteiger partial charge in [0.25, 0.3) is 0 Å².